The molecule has 1 aromatic carbocycles. The summed E-state index contributed by atoms with van der Waals surface area (Å²) in [5, 5.41) is 0.288. The fraction of sp³-hybridized carbons (Fsp3) is 0.500. The van der Waals surface area contributed by atoms with Gasteiger partial charge >= 0.3 is 0 Å². The first-order valence-electron chi connectivity index (χ1n) is 6.24. The van der Waals surface area contributed by atoms with E-state index in [1.165, 1.54) is 0 Å². The van der Waals surface area contributed by atoms with Crippen molar-refractivity contribution in [3.05, 3.63) is 28.2 Å². The monoisotopic (exact) mass is 345 g/mol. The van der Waals surface area contributed by atoms with Crippen LogP contribution in [0.1, 0.15) is 23.2 Å². The van der Waals surface area contributed by atoms with E-state index in [9.17, 15) is 4.79 Å². The number of hydrogen-bond acceptors (Lipinski definition) is 2. The molecule has 0 spiro atoms. The first kappa shape index (κ1) is 14.7. The Morgan fingerprint density at radius 2 is 2.21 bits per heavy atom. The number of hydrogen-bond donors (Lipinski definition) is 0. The second kappa shape index (κ2) is 6.14. The SMILES string of the molecule is COc1cc(Br)ccc1C(=O)N(C)CC1CC(Cl)C1. The van der Waals surface area contributed by atoms with Gasteiger partial charge in [-0.1, -0.05) is 15.9 Å². The van der Waals surface area contributed by atoms with Crippen molar-refractivity contribution in [3.63, 3.8) is 0 Å². The molecule has 5 heteroatoms. The van der Waals surface area contributed by atoms with Crippen LogP contribution >= 0.6 is 27.5 Å². The van der Waals surface area contributed by atoms with E-state index >= 15 is 0 Å². The number of halogens is 2. The topological polar surface area (TPSA) is 29.5 Å². The Bertz CT molecular complexity index is 475. The molecule has 0 aromatic heterocycles. The summed E-state index contributed by atoms with van der Waals surface area (Å²) in [6.07, 6.45) is 1.99. The number of rotatable bonds is 4. The number of carbonyl (C=O) groups excluding carboxylic acids is 1. The van der Waals surface area contributed by atoms with Gasteiger partial charge in [-0.05, 0) is 37.0 Å². The normalized spacial score (nSPS) is 21.7. The third kappa shape index (κ3) is 3.42. The third-order valence-corrected chi connectivity index (χ3v) is 4.30. The smallest absolute Gasteiger partial charge is 0.257 e. The van der Waals surface area contributed by atoms with Gasteiger partial charge in [0, 0.05) is 23.4 Å². The molecular weight excluding hydrogens is 330 g/mol. The van der Waals surface area contributed by atoms with Crippen LogP contribution in [0.5, 0.6) is 5.75 Å². The molecule has 1 aliphatic carbocycles. The Balaban J connectivity index is 2.06. The van der Waals surface area contributed by atoms with E-state index in [-0.39, 0.29) is 11.3 Å². The molecule has 0 unspecified atom stereocenters. The highest BCUT2D eigenvalue weighted by atomic mass is 79.9. The number of ether oxygens (including phenoxy) is 1. The summed E-state index contributed by atoms with van der Waals surface area (Å²) in [5.41, 5.74) is 0.593. The average Bonchev–Trinajstić information content (AvgIpc) is 2.35. The van der Waals surface area contributed by atoms with Crippen molar-refractivity contribution < 1.29 is 9.53 Å². The summed E-state index contributed by atoms with van der Waals surface area (Å²) in [6.45, 7) is 0.751. The van der Waals surface area contributed by atoms with Gasteiger partial charge in [-0.3, -0.25) is 4.79 Å². The van der Waals surface area contributed by atoms with Crippen LogP contribution in [0.4, 0.5) is 0 Å². The van der Waals surface area contributed by atoms with Crippen molar-refractivity contribution in [1.29, 1.82) is 0 Å². The largest absolute Gasteiger partial charge is 0.496 e. The zero-order valence-corrected chi connectivity index (χ0v) is 13.4. The van der Waals surface area contributed by atoms with Crippen LogP contribution in [0.3, 0.4) is 0 Å². The first-order valence-corrected chi connectivity index (χ1v) is 7.47. The predicted octanol–water partition coefficient (Wildman–Crippen LogP) is 3.55. The van der Waals surface area contributed by atoms with Gasteiger partial charge in [-0.15, -0.1) is 11.6 Å². The summed E-state index contributed by atoms with van der Waals surface area (Å²) >= 11 is 9.33. The van der Waals surface area contributed by atoms with Crippen LogP contribution in [0.15, 0.2) is 22.7 Å². The lowest BCUT2D eigenvalue weighted by Crippen LogP contribution is -2.38. The lowest BCUT2D eigenvalue weighted by atomic mass is 9.84. The molecule has 0 N–H and O–H groups in total. The van der Waals surface area contributed by atoms with Gasteiger partial charge in [-0.2, -0.15) is 0 Å². The summed E-state index contributed by atoms with van der Waals surface area (Å²) in [5.74, 6) is 1.11. The van der Waals surface area contributed by atoms with E-state index in [1.54, 1.807) is 24.1 Å². The van der Waals surface area contributed by atoms with Crippen molar-refractivity contribution in [2.45, 2.75) is 18.2 Å². The van der Waals surface area contributed by atoms with Gasteiger partial charge in [0.05, 0.1) is 12.7 Å². The molecule has 104 valence electrons. The Morgan fingerprint density at radius 3 is 2.79 bits per heavy atom. The van der Waals surface area contributed by atoms with Gasteiger partial charge in [0.15, 0.2) is 0 Å². The number of benzene rings is 1. The minimum Gasteiger partial charge on any atom is -0.496 e. The summed E-state index contributed by atoms with van der Waals surface area (Å²) in [7, 11) is 3.40. The molecule has 0 aliphatic heterocycles. The maximum absolute atomic E-state index is 12.4. The van der Waals surface area contributed by atoms with Crippen molar-refractivity contribution in [1.82, 2.24) is 4.90 Å². The van der Waals surface area contributed by atoms with Crippen LogP contribution in [-0.2, 0) is 0 Å². The second-order valence-corrected chi connectivity index (χ2v) is 6.50. The van der Waals surface area contributed by atoms with Gasteiger partial charge in [0.1, 0.15) is 5.75 Å². The lowest BCUT2D eigenvalue weighted by molar-refractivity contribution is 0.0743. The first-order chi connectivity index (χ1) is 9.01. The molecule has 0 bridgehead atoms. The molecule has 0 radical (unpaired) electrons. The van der Waals surface area contributed by atoms with Crippen LogP contribution in [-0.4, -0.2) is 36.9 Å². The number of alkyl halides is 1. The Morgan fingerprint density at radius 1 is 1.53 bits per heavy atom. The van der Waals surface area contributed by atoms with Gasteiger partial charge in [-0.25, -0.2) is 0 Å². The van der Waals surface area contributed by atoms with E-state index in [0.717, 1.165) is 23.9 Å². The number of nitrogens with zero attached hydrogens (tertiary/aromatic N) is 1. The molecule has 0 heterocycles. The van der Waals surface area contributed by atoms with E-state index in [1.807, 2.05) is 13.1 Å². The summed E-state index contributed by atoms with van der Waals surface area (Å²) in [4.78, 5) is 14.1. The Labute approximate surface area is 127 Å². The fourth-order valence-corrected chi connectivity index (χ4v) is 3.17. The van der Waals surface area contributed by atoms with E-state index in [4.69, 9.17) is 16.3 Å². The molecule has 0 saturated heterocycles. The molecule has 1 saturated carbocycles. The van der Waals surface area contributed by atoms with Crippen LogP contribution < -0.4 is 4.74 Å². The quantitative estimate of drug-likeness (QED) is 0.780. The van der Waals surface area contributed by atoms with Gasteiger partial charge in [0.2, 0.25) is 0 Å². The van der Waals surface area contributed by atoms with Crippen LogP contribution in [0, 0.1) is 5.92 Å². The number of amides is 1. The molecule has 19 heavy (non-hydrogen) atoms. The third-order valence-electron chi connectivity index (χ3n) is 3.45. The van der Waals surface area contributed by atoms with E-state index in [0.29, 0.717) is 17.2 Å². The van der Waals surface area contributed by atoms with Crippen molar-refractivity contribution in [3.8, 4) is 5.75 Å². The van der Waals surface area contributed by atoms with Crippen molar-refractivity contribution in [2.24, 2.45) is 5.92 Å². The molecule has 2 rings (SSSR count). The zero-order chi connectivity index (χ0) is 14.0. The number of carbonyl (C=O) groups is 1. The molecule has 1 fully saturated rings. The highest BCUT2D eigenvalue weighted by Crippen LogP contribution is 2.33. The molecule has 0 atom stereocenters. The highest BCUT2D eigenvalue weighted by Gasteiger charge is 2.29. The Hall–Kier alpha value is -0.740. The molecule has 3 nitrogen and oxygen atoms in total. The average molecular weight is 347 g/mol. The maximum Gasteiger partial charge on any atom is 0.257 e. The van der Waals surface area contributed by atoms with Gasteiger partial charge < -0.3 is 9.64 Å². The predicted molar refractivity (Wildman–Crippen MR) is 80.0 cm³/mol. The van der Waals surface area contributed by atoms with Crippen molar-refractivity contribution >= 4 is 33.4 Å². The standard InChI is InChI=1S/C14H17BrClNO2/c1-17(8-9-5-11(16)6-9)14(18)12-4-3-10(15)7-13(12)19-2/h3-4,7,9,11H,5-6,8H2,1-2H3. The fourth-order valence-electron chi connectivity index (χ4n) is 2.32. The molecule has 1 aromatic rings. The minimum absolute atomic E-state index is 0.0117. The second-order valence-electron chi connectivity index (χ2n) is 4.96. The van der Waals surface area contributed by atoms with E-state index < -0.39 is 0 Å². The van der Waals surface area contributed by atoms with E-state index in [2.05, 4.69) is 15.9 Å². The highest BCUT2D eigenvalue weighted by molar-refractivity contribution is 9.10. The molecule has 1 amide bonds. The van der Waals surface area contributed by atoms with Crippen LogP contribution in [0.25, 0.3) is 0 Å². The number of methoxy groups -OCH3 is 1. The van der Waals surface area contributed by atoms with Gasteiger partial charge in [0.25, 0.3) is 5.91 Å². The van der Waals surface area contributed by atoms with Crippen molar-refractivity contribution in [2.75, 3.05) is 20.7 Å². The lowest BCUT2D eigenvalue weighted by Gasteiger charge is -2.34. The summed E-state index contributed by atoms with van der Waals surface area (Å²) in [6, 6.07) is 5.44. The molecular formula is C14H17BrClNO2. The minimum atomic E-state index is -0.0117. The maximum atomic E-state index is 12.4. The Kier molecular flexibility index (Phi) is 4.74. The summed E-state index contributed by atoms with van der Waals surface area (Å²) < 4.78 is 6.16. The molecule has 1 aliphatic rings. The zero-order valence-electron chi connectivity index (χ0n) is 11.0. The van der Waals surface area contributed by atoms with Crippen LogP contribution in [0.2, 0.25) is 0 Å².